The summed E-state index contributed by atoms with van der Waals surface area (Å²) in [6.45, 7) is 3.44. The number of benzene rings is 1. The molecular weight excluding hydrogens is 332 g/mol. The Hall–Kier alpha value is -3.14. The smallest absolute Gasteiger partial charge is 0.283 e. The Bertz CT molecular complexity index is 932. The zero-order chi connectivity index (χ0) is 17.3. The Balaban J connectivity index is 1.88. The van der Waals surface area contributed by atoms with Gasteiger partial charge in [-0.15, -0.1) is 16.4 Å². The molecule has 1 amide bonds. The van der Waals surface area contributed by atoms with Gasteiger partial charge in [0.15, 0.2) is 5.82 Å². The zero-order valence-corrected chi connectivity index (χ0v) is 13.5. The van der Waals surface area contributed by atoms with Crippen LogP contribution in [0.15, 0.2) is 23.6 Å². The highest BCUT2D eigenvalue weighted by Crippen LogP contribution is 2.30. The summed E-state index contributed by atoms with van der Waals surface area (Å²) in [5.41, 5.74) is 1.03. The number of hydrogen-bond donors (Lipinski definition) is 2. The minimum atomic E-state index is -0.469. The number of anilines is 1. The van der Waals surface area contributed by atoms with Crippen LogP contribution in [-0.4, -0.2) is 31.0 Å². The summed E-state index contributed by atoms with van der Waals surface area (Å²) in [5.74, 6) is -0.213. The predicted octanol–water partition coefficient (Wildman–Crippen LogP) is 2.71. The molecule has 0 saturated carbocycles. The van der Waals surface area contributed by atoms with Crippen LogP contribution in [0.2, 0.25) is 0 Å². The highest BCUT2D eigenvalue weighted by atomic mass is 32.1. The van der Waals surface area contributed by atoms with E-state index in [-0.39, 0.29) is 23.2 Å². The fourth-order valence-corrected chi connectivity index (χ4v) is 2.76. The number of aromatic amines is 1. The number of amides is 1. The lowest BCUT2D eigenvalue weighted by molar-refractivity contribution is -0.384. The minimum Gasteiger partial charge on any atom is -0.288 e. The first-order chi connectivity index (χ1) is 11.5. The van der Waals surface area contributed by atoms with Crippen molar-refractivity contribution in [3.8, 4) is 11.4 Å². The maximum Gasteiger partial charge on any atom is 0.283 e. The summed E-state index contributed by atoms with van der Waals surface area (Å²) in [4.78, 5) is 31.0. The first-order valence-corrected chi connectivity index (χ1v) is 7.74. The molecule has 24 heavy (non-hydrogen) atoms. The van der Waals surface area contributed by atoms with E-state index in [1.54, 1.807) is 37.4 Å². The highest BCUT2D eigenvalue weighted by molar-refractivity contribution is 7.09. The number of nitro groups is 1. The topological polar surface area (TPSA) is 127 Å². The van der Waals surface area contributed by atoms with E-state index in [9.17, 15) is 14.9 Å². The number of H-pyrrole nitrogens is 1. The number of hydrogen-bond acceptors (Lipinski definition) is 7. The molecule has 0 fully saturated rings. The number of aryl methyl sites for hydroxylation is 2. The van der Waals surface area contributed by atoms with Crippen molar-refractivity contribution < 1.29 is 9.72 Å². The first kappa shape index (κ1) is 15.7. The van der Waals surface area contributed by atoms with Crippen molar-refractivity contribution >= 4 is 28.9 Å². The minimum absolute atomic E-state index is 0.0245. The molecule has 0 aliphatic carbocycles. The van der Waals surface area contributed by atoms with Gasteiger partial charge >= 0.3 is 0 Å². The van der Waals surface area contributed by atoms with E-state index < -0.39 is 10.8 Å². The van der Waals surface area contributed by atoms with Gasteiger partial charge in [0.25, 0.3) is 11.6 Å². The normalized spacial score (nSPS) is 10.6. The summed E-state index contributed by atoms with van der Waals surface area (Å²) >= 11 is 1.36. The van der Waals surface area contributed by atoms with Crippen molar-refractivity contribution in [2.75, 3.05) is 5.32 Å². The Morgan fingerprint density at radius 3 is 2.79 bits per heavy atom. The van der Waals surface area contributed by atoms with Gasteiger partial charge in [-0.1, -0.05) is 12.1 Å². The van der Waals surface area contributed by atoms with Gasteiger partial charge in [0, 0.05) is 10.9 Å². The molecule has 3 rings (SSSR count). The molecule has 0 bridgehead atoms. The number of nitrogens with zero attached hydrogens (tertiary/aromatic N) is 4. The van der Waals surface area contributed by atoms with Crippen LogP contribution >= 0.6 is 11.3 Å². The van der Waals surface area contributed by atoms with Gasteiger partial charge in [0.05, 0.1) is 15.5 Å². The number of nitrogens with one attached hydrogen (secondary N) is 2. The van der Waals surface area contributed by atoms with Gasteiger partial charge in [-0.2, -0.15) is 4.98 Å². The standard InChI is InChI=1S/C14H12N6O3S/c1-7-4-3-5-9(11(7)20(22)23)12-16-14(19-18-12)17-13(21)10-6-24-8(2)15-10/h3-6H,1-2H3,(H2,16,17,18,19,21). The van der Waals surface area contributed by atoms with E-state index in [2.05, 4.69) is 25.5 Å². The SMILES string of the molecule is Cc1nc(C(=O)Nc2n[nH]c(-c3cccc(C)c3[N+](=O)[O-])n2)cs1. The van der Waals surface area contributed by atoms with E-state index >= 15 is 0 Å². The van der Waals surface area contributed by atoms with Gasteiger partial charge in [0.1, 0.15) is 5.69 Å². The van der Waals surface area contributed by atoms with Crippen LogP contribution in [0.25, 0.3) is 11.4 Å². The molecule has 10 heteroatoms. The van der Waals surface area contributed by atoms with Crippen molar-refractivity contribution in [1.82, 2.24) is 20.2 Å². The summed E-state index contributed by atoms with van der Waals surface area (Å²) in [5, 5.41) is 22.6. The van der Waals surface area contributed by atoms with Gasteiger partial charge in [-0.3, -0.25) is 25.3 Å². The van der Waals surface area contributed by atoms with Crippen LogP contribution in [0.3, 0.4) is 0 Å². The van der Waals surface area contributed by atoms with Gasteiger partial charge in [-0.25, -0.2) is 4.98 Å². The second-order valence-electron chi connectivity index (χ2n) is 4.94. The largest absolute Gasteiger partial charge is 0.288 e. The molecule has 0 radical (unpaired) electrons. The number of carbonyl (C=O) groups excluding carboxylic acids is 1. The number of carbonyl (C=O) groups is 1. The van der Waals surface area contributed by atoms with Crippen LogP contribution in [0, 0.1) is 24.0 Å². The molecule has 1 aromatic carbocycles. The molecule has 3 aromatic rings. The van der Waals surface area contributed by atoms with E-state index in [0.29, 0.717) is 11.1 Å². The fourth-order valence-electron chi connectivity index (χ4n) is 2.16. The maximum absolute atomic E-state index is 12.0. The number of rotatable bonds is 4. The summed E-state index contributed by atoms with van der Waals surface area (Å²) in [6, 6.07) is 4.91. The second-order valence-corrected chi connectivity index (χ2v) is 6.00. The van der Waals surface area contributed by atoms with Crippen LogP contribution in [0.1, 0.15) is 21.1 Å². The van der Waals surface area contributed by atoms with Crippen LogP contribution in [0.5, 0.6) is 0 Å². The number of para-hydroxylation sites is 1. The highest BCUT2D eigenvalue weighted by Gasteiger charge is 2.21. The van der Waals surface area contributed by atoms with Gasteiger partial charge in [0.2, 0.25) is 5.95 Å². The Morgan fingerprint density at radius 1 is 1.33 bits per heavy atom. The Labute approximate surface area is 139 Å². The molecule has 0 saturated heterocycles. The van der Waals surface area contributed by atoms with Crippen molar-refractivity contribution in [2.45, 2.75) is 13.8 Å². The second kappa shape index (κ2) is 6.16. The average molecular weight is 344 g/mol. The molecule has 0 spiro atoms. The molecule has 0 unspecified atom stereocenters. The number of nitro benzene ring substituents is 1. The van der Waals surface area contributed by atoms with Crippen LogP contribution in [-0.2, 0) is 0 Å². The van der Waals surface area contributed by atoms with Gasteiger partial charge < -0.3 is 0 Å². The molecule has 2 aromatic heterocycles. The third-order valence-corrected chi connectivity index (χ3v) is 4.01. The molecule has 122 valence electrons. The number of aromatic nitrogens is 4. The lowest BCUT2D eigenvalue weighted by atomic mass is 10.1. The molecule has 2 N–H and O–H groups in total. The maximum atomic E-state index is 12.0. The number of thiazole rings is 1. The Morgan fingerprint density at radius 2 is 2.12 bits per heavy atom. The van der Waals surface area contributed by atoms with E-state index in [4.69, 9.17) is 0 Å². The van der Waals surface area contributed by atoms with Crippen LogP contribution in [0.4, 0.5) is 11.6 Å². The average Bonchev–Trinajstić information content (AvgIpc) is 3.15. The fraction of sp³-hybridized carbons (Fsp3) is 0.143. The van der Waals surface area contributed by atoms with Crippen molar-refractivity contribution in [1.29, 1.82) is 0 Å². The quantitative estimate of drug-likeness (QED) is 0.553. The molecule has 0 atom stereocenters. The molecule has 0 aliphatic heterocycles. The van der Waals surface area contributed by atoms with Crippen molar-refractivity contribution in [3.63, 3.8) is 0 Å². The van der Waals surface area contributed by atoms with E-state index in [1.807, 2.05) is 0 Å². The lowest BCUT2D eigenvalue weighted by Gasteiger charge is -2.01. The van der Waals surface area contributed by atoms with Crippen molar-refractivity contribution in [3.05, 3.63) is 50.0 Å². The molecule has 0 aliphatic rings. The lowest BCUT2D eigenvalue weighted by Crippen LogP contribution is -2.13. The van der Waals surface area contributed by atoms with E-state index in [0.717, 1.165) is 5.01 Å². The Kier molecular flexibility index (Phi) is 4.04. The molecular formula is C14H12N6O3S. The summed E-state index contributed by atoms with van der Waals surface area (Å²) in [6.07, 6.45) is 0. The van der Waals surface area contributed by atoms with Gasteiger partial charge in [-0.05, 0) is 19.9 Å². The van der Waals surface area contributed by atoms with E-state index in [1.165, 1.54) is 11.3 Å². The van der Waals surface area contributed by atoms with Crippen molar-refractivity contribution in [2.24, 2.45) is 0 Å². The monoisotopic (exact) mass is 344 g/mol. The third-order valence-electron chi connectivity index (χ3n) is 3.24. The van der Waals surface area contributed by atoms with Crippen LogP contribution < -0.4 is 5.32 Å². The molecule has 2 heterocycles. The predicted molar refractivity (Wildman–Crippen MR) is 88.0 cm³/mol. The first-order valence-electron chi connectivity index (χ1n) is 6.86. The third kappa shape index (κ3) is 2.99. The summed E-state index contributed by atoms with van der Waals surface area (Å²) in [7, 11) is 0. The summed E-state index contributed by atoms with van der Waals surface area (Å²) < 4.78 is 0. The molecule has 9 nitrogen and oxygen atoms in total. The zero-order valence-electron chi connectivity index (χ0n) is 12.7.